The van der Waals surface area contributed by atoms with Crippen LogP contribution < -0.4 is 4.74 Å². The lowest BCUT2D eigenvalue weighted by Gasteiger charge is -2.09. The van der Waals surface area contributed by atoms with Crippen LogP contribution in [0.4, 0.5) is 0 Å². The first-order valence-corrected chi connectivity index (χ1v) is 9.20. The average Bonchev–Trinajstić information content (AvgIpc) is 3.04. The van der Waals surface area contributed by atoms with Crippen LogP contribution in [0.25, 0.3) is 10.9 Å². The van der Waals surface area contributed by atoms with Gasteiger partial charge >= 0.3 is 0 Å². The largest absolute Gasteiger partial charge is 0.489 e. The first-order valence-electron chi connectivity index (χ1n) is 9.20. The van der Waals surface area contributed by atoms with E-state index in [-0.39, 0.29) is 12.5 Å². The summed E-state index contributed by atoms with van der Waals surface area (Å²) >= 11 is 0. The third-order valence-corrected chi connectivity index (χ3v) is 4.95. The molecular weight excluding hydrogens is 350 g/mol. The second-order valence-electron chi connectivity index (χ2n) is 6.68. The minimum atomic E-state index is -0.122. The van der Waals surface area contributed by atoms with Gasteiger partial charge < -0.3 is 9.84 Å². The Balaban J connectivity index is 1.59. The molecule has 0 unspecified atom stereocenters. The Morgan fingerprint density at radius 1 is 0.929 bits per heavy atom. The molecule has 28 heavy (non-hydrogen) atoms. The lowest BCUT2D eigenvalue weighted by atomic mass is 10.1. The smallest absolute Gasteiger partial charge is 0.262 e. The number of para-hydroxylation sites is 1. The first-order chi connectivity index (χ1) is 13.7. The normalized spacial score (nSPS) is 10.9. The van der Waals surface area contributed by atoms with Crippen LogP contribution in [-0.4, -0.2) is 15.6 Å². The molecule has 0 aliphatic carbocycles. The molecule has 4 heteroatoms. The van der Waals surface area contributed by atoms with E-state index < -0.39 is 0 Å². The highest BCUT2D eigenvalue weighted by molar-refractivity contribution is 6.04. The maximum absolute atomic E-state index is 13.1. The molecule has 0 bridgehead atoms. The van der Waals surface area contributed by atoms with Gasteiger partial charge in [0.25, 0.3) is 5.91 Å². The SMILES string of the molecule is Cc1c(CO)c2ccccc2n1C(=O)c1ccc(OCc2ccccc2)cc1. The summed E-state index contributed by atoms with van der Waals surface area (Å²) in [6, 6.07) is 24.7. The maximum atomic E-state index is 13.1. The number of fused-ring (bicyclic) bond motifs is 1. The van der Waals surface area contributed by atoms with Crippen molar-refractivity contribution in [2.45, 2.75) is 20.1 Å². The zero-order chi connectivity index (χ0) is 19.5. The predicted octanol–water partition coefficient (Wildman–Crippen LogP) is 4.71. The summed E-state index contributed by atoms with van der Waals surface area (Å²) in [5.41, 5.74) is 4.01. The highest BCUT2D eigenvalue weighted by Crippen LogP contribution is 2.27. The molecule has 4 aromatic rings. The van der Waals surface area contributed by atoms with Crippen molar-refractivity contribution in [3.8, 4) is 5.75 Å². The Morgan fingerprint density at radius 3 is 2.32 bits per heavy atom. The standard InChI is InChI=1S/C24H21NO3/c1-17-22(15-26)21-9-5-6-10-23(21)25(17)24(27)19-11-13-20(14-12-19)28-16-18-7-3-2-4-8-18/h2-14,26H,15-16H2,1H3. The van der Waals surface area contributed by atoms with Gasteiger partial charge in [0.2, 0.25) is 0 Å². The van der Waals surface area contributed by atoms with Crippen LogP contribution in [0.2, 0.25) is 0 Å². The number of rotatable bonds is 5. The van der Waals surface area contributed by atoms with E-state index in [1.165, 1.54) is 0 Å². The van der Waals surface area contributed by atoms with E-state index in [9.17, 15) is 9.90 Å². The van der Waals surface area contributed by atoms with Gasteiger partial charge in [-0.05, 0) is 42.8 Å². The van der Waals surface area contributed by atoms with Crippen molar-refractivity contribution < 1.29 is 14.6 Å². The van der Waals surface area contributed by atoms with Crippen LogP contribution in [0.5, 0.6) is 5.75 Å². The van der Waals surface area contributed by atoms with Gasteiger partial charge in [0.15, 0.2) is 0 Å². The molecule has 1 aromatic heterocycles. The summed E-state index contributed by atoms with van der Waals surface area (Å²) in [5.74, 6) is 0.591. The van der Waals surface area contributed by atoms with Crippen molar-refractivity contribution in [2.24, 2.45) is 0 Å². The number of benzene rings is 3. The van der Waals surface area contributed by atoms with Gasteiger partial charge in [-0.2, -0.15) is 0 Å². The fraction of sp³-hybridized carbons (Fsp3) is 0.125. The predicted molar refractivity (Wildman–Crippen MR) is 110 cm³/mol. The third-order valence-electron chi connectivity index (χ3n) is 4.95. The number of hydrogen-bond donors (Lipinski definition) is 1. The summed E-state index contributed by atoms with van der Waals surface area (Å²) < 4.78 is 7.46. The zero-order valence-corrected chi connectivity index (χ0v) is 15.6. The van der Waals surface area contributed by atoms with Crippen LogP contribution in [-0.2, 0) is 13.2 Å². The van der Waals surface area contributed by atoms with E-state index in [1.54, 1.807) is 16.7 Å². The van der Waals surface area contributed by atoms with Crippen LogP contribution in [0, 0.1) is 6.92 Å². The van der Waals surface area contributed by atoms with E-state index in [0.29, 0.717) is 17.9 Å². The average molecular weight is 371 g/mol. The molecule has 1 N–H and O–H groups in total. The Morgan fingerprint density at radius 2 is 1.61 bits per heavy atom. The van der Waals surface area contributed by atoms with Gasteiger partial charge in [0, 0.05) is 22.2 Å². The van der Waals surface area contributed by atoms with Gasteiger partial charge in [0.1, 0.15) is 12.4 Å². The second kappa shape index (κ2) is 7.71. The fourth-order valence-electron chi connectivity index (χ4n) is 3.46. The van der Waals surface area contributed by atoms with E-state index in [0.717, 1.165) is 27.7 Å². The quantitative estimate of drug-likeness (QED) is 0.553. The number of nitrogens with zero attached hydrogens (tertiary/aromatic N) is 1. The molecule has 0 aliphatic heterocycles. The Bertz CT molecular complexity index is 1110. The fourth-order valence-corrected chi connectivity index (χ4v) is 3.46. The van der Waals surface area contributed by atoms with Crippen molar-refractivity contribution in [3.05, 3.63) is 101 Å². The zero-order valence-electron chi connectivity index (χ0n) is 15.6. The number of aliphatic hydroxyl groups is 1. The number of carbonyl (C=O) groups excluding carboxylic acids is 1. The number of aliphatic hydroxyl groups excluding tert-OH is 1. The van der Waals surface area contributed by atoms with Gasteiger partial charge in [0.05, 0.1) is 12.1 Å². The Labute approximate surface area is 163 Å². The Kier molecular flexibility index (Phi) is 4.96. The molecular formula is C24H21NO3. The van der Waals surface area contributed by atoms with Crippen molar-refractivity contribution in [2.75, 3.05) is 0 Å². The highest BCUT2D eigenvalue weighted by atomic mass is 16.5. The number of ether oxygens (including phenoxy) is 1. The summed E-state index contributed by atoms with van der Waals surface area (Å²) in [7, 11) is 0. The van der Waals surface area contributed by atoms with Gasteiger partial charge in [-0.25, -0.2) is 0 Å². The minimum absolute atomic E-state index is 0.0983. The molecule has 0 fully saturated rings. The van der Waals surface area contributed by atoms with Crippen molar-refractivity contribution >= 4 is 16.8 Å². The molecule has 140 valence electrons. The lowest BCUT2D eigenvalue weighted by Crippen LogP contribution is -2.13. The molecule has 0 atom stereocenters. The van der Waals surface area contributed by atoms with Crippen molar-refractivity contribution in [1.82, 2.24) is 4.57 Å². The Hall–Kier alpha value is -3.37. The molecule has 0 spiro atoms. The van der Waals surface area contributed by atoms with E-state index >= 15 is 0 Å². The van der Waals surface area contributed by atoms with Gasteiger partial charge in [-0.15, -0.1) is 0 Å². The maximum Gasteiger partial charge on any atom is 0.262 e. The second-order valence-corrected chi connectivity index (χ2v) is 6.68. The lowest BCUT2D eigenvalue weighted by molar-refractivity contribution is 0.0962. The third kappa shape index (κ3) is 3.30. The summed E-state index contributed by atoms with van der Waals surface area (Å²) in [6.07, 6.45) is 0. The number of carbonyl (C=O) groups is 1. The monoisotopic (exact) mass is 371 g/mol. The summed E-state index contributed by atoms with van der Waals surface area (Å²) in [4.78, 5) is 13.1. The van der Waals surface area contributed by atoms with E-state index in [1.807, 2.05) is 73.7 Å². The summed E-state index contributed by atoms with van der Waals surface area (Å²) in [6.45, 7) is 2.25. The van der Waals surface area contributed by atoms with Crippen LogP contribution in [0.3, 0.4) is 0 Å². The van der Waals surface area contributed by atoms with E-state index in [4.69, 9.17) is 4.74 Å². The number of hydrogen-bond acceptors (Lipinski definition) is 3. The number of aromatic nitrogens is 1. The molecule has 1 heterocycles. The molecule has 0 saturated heterocycles. The first kappa shape index (κ1) is 18.0. The van der Waals surface area contributed by atoms with Crippen LogP contribution in [0.15, 0.2) is 78.9 Å². The van der Waals surface area contributed by atoms with Gasteiger partial charge in [-0.3, -0.25) is 9.36 Å². The highest BCUT2D eigenvalue weighted by Gasteiger charge is 2.19. The van der Waals surface area contributed by atoms with Gasteiger partial charge in [-0.1, -0.05) is 48.5 Å². The molecule has 3 aromatic carbocycles. The van der Waals surface area contributed by atoms with Crippen LogP contribution in [0.1, 0.15) is 27.2 Å². The minimum Gasteiger partial charge on any atom is -0.489 e. The molecule has 0 aliphatic rings. The molecule has 0 amide bonds. The van der Waals surface area contributed by atoms with Crippen molar-refractivity contribution in [3.63, 3.8) is 0 Å². The van der Waals surface area contributed by atoms with E-state index in [2.05, 4.69) is 0 Å². The molecule has 4 nitrogen and oxygen atoms in total. The molecule has 0 saturated carbocycles. The van der Waals surface area contributed by atoms with Crippen molar-refractivity contribution in [1.29, 1.82) is 0 Å². The topological polar surface area (TPSA) is 51.5 Å². The molecule has 4 rings (SSSR count). The summed E-state index contributed by atoms with van der Waals surface area (Å²) in [5, 5.41) is 10.6. The molecule has 0 radical (unpaired) electrons. The van der Waals surface area contributed by atoms with Crippen LogP contribution >= 0.6 is 0 Å².